The number of rotatable bonds is 7. The van der Waals surface area contributed by atoms with Crippen LogP contribution in [0, 0.1) is 11.3 Å². The molecule has 5 nitrogen and oxygen atoms in total. The lowest BCUT2D eigenvalue weighted by Gasteiger charge is -2.11. The van der Waals surface area contributed by atoms with Gasteiger partial charge in [-0.2, -0.15) is 5.26 Å². The molecule has 0 saturated carbocycles. The summed E-state index contributed by atoms with van der Waals surface area (Å²) in [6.07, 6.45) is 2.72. The average molecular weight is 330 g/mol. The molecule has 1 heterocycles. The van der Waals surface area contributed by atoms with Gasteiger partial charge in [0, 0.05) is 12.7 Å². The predicted molar refractivity (Wildman–Crippen MR) is 96.5 cm³/mol. The Morgan fingerprint density at radius 2 is 1.80 bits per heavy atom. The van der Waals surface area contributed by atoms with Crippen LogP contribution in [0.2, 0.25) is 0 Å². The lowest BCUT2D eigenvalue weighted by atomic mass is 10.1. The van der Waals surface area contributed by atoms with Crippen molar-refractivity contribution in [1.82, 2.24) is 9.97 Å². The van der Waals surface area contributed by atoms with Gasteiger partial charge < -0.3 is 10.1 Å². The van der Waals surface area contributed by atoms with E-state index in [1.54, 1.807) is 12.3 Å². The van der Waals surface area contributed by atoms with Crippen LogP contribution in [-0.4, -0.2) is 16.5 Å². The van der Waals surface area contributed by atoms with E-state index in [1.807, 2.05) is 54.6 Å². The van der Waals surface area contributed by atoms with E-state index in [4.69, 9.17) is 10.00 Å². The van der Waals surface area contributed by atoms with Gasteiger partial charge in [-0.1, -0.05) is 36.4 Å². The molecule has 1 N–H and O–H groups in total. The van der Waals surface area contributed by atoms with Crippen molar-refractivity contribution in [2.45, 2.75) is 12.8 Å². The van der Waals surface area contributed by atoms with Gasteiger partial charge in [0.25, 0.3) is 0 Å². The minimum absolute atomic E-state index is 0.283. The summed E-state index contributed by atoms with van der Waals surface area (Å²) < 4.78 is 5.97. The summed E-state index contributed by atoms with van der Waals surface area (Å²) in [6.45, 7) is 0.672. The molecule has 3 rings (SSSR count). The van der Waals surface area contributed by atoms with Crippen LogP contribution in [0.1, 0.15) is 11.3 Å². The molecular weight excluding hydrogens is 312 g/mol. The van der Waals surface area contributed by atoms with Gasteiger partial charge in [-0.25, -0.2) is 9.97 Å². The van der Waals surface area contributed by atoms with Crippen LogP contribution in [0.25, 0.3) is 0 Å². The number of aromatic nitrogens is 2. The molecule has 25 heavy (non-hydrogen) atoms. The van der Waals surface area contributed by atoms with Gasteiger partial charge in [0.15, 0.2) is 0 Å². The number of hydrogen-bond donors (Lipinski definition) is 1. The number of nitrogens with zero attached hydrogens (tertiary/aromatic N) is 3. The van der Waals surface area contributed by atoms with E-state index in [-0.39, 0.29) is 6.42 Å². The fourth-order valence-corrected chi connectivity index (χ4v) is 2.40. The van der Waals surface area contributed by atoms with Crippen molar-refractivity contribution in [3.63, 3.8) is 0 Å². The maximum absolute atomic E-state index is 8.74. The van der Waals surface area contributed by atoms with E-state index < -0.39 is 0 Å². The van der Waals surface area contributed by atoms with E-state index in [1.165, 1.54) is 0 Å². The van der Waals surface area contributed by atoms with Crippen LogP contribution in [0.4, 0.5) is 5.95 Å². The zero-order chi connectivity index (χ0) is 17.3. The molecule has 124 valence electrons. The Bertz CT molecular complexity index is 859. The summed E-state index contributed by atoms with van der Waals surface area (Å²) >= 11 is 0. The van der Waals surface area contributed by atoms with Crippen LogP contribution < -0.4 is 10.1 Å². The lowest BCUT2D eigenvalue weighted by Crippen LogP contribution is -2.09. The summed E-state index contributed by atoms with van der Waals surface area (Å²) in [5.41, 5.74) is 1.82. The maximum atomic E-state index is 8.74. The number of benzene rings is 2. The highest BCUT2D eigenvalue weighted by molar-refractivity contribution is 5.38. The van der Waals surface area contributed by atoms with Gasteiger partial charge in [0.2, 0.25) is 5.95 Å². The third kappa shape index (κ3) is 4.79. The molecular formula is C20H18N4O. The fraction of sp³-hybridized carbons (Fsp3) is 0.150. The van der Waals surface area contributed by atoms with Gasteiger partial charge in [0.05, 0.1) is 18.2 Å². The summed E-state index contributed by atoms with van der Waals surface area (Å²) in [5.74, 6) is 2.19. The molecule has 0 fully saturated rings. The minimum atomic E-state index is 0.283. The average Bonchev–Trinajstić information content (AvgIpc) is 2.65. The second-order valence-electron chi connectivity index (χ2n) is 5.41. The first-order valence-corrected chi connectivity index (χ1v) is 8.09. The minimum Gasteiger partial charge on any atom is -0.457 e. The van der Waals surface area contributed by atoms with E-state index in [2.05, 4.69) is 21.4 Å². The molecule has 0 unspecified atom stereocenters. The molecule has 1 aromatic heterocycles. The molecule has 5 heteroatoms. The number of para-hydroxylation sites is 2. The highest BCUT2D eigenvalue weighted by Gasteiger charge is 2.05. The van der Waals surface area contributed by atoms with E-state index in [0.29, 0.717) is 18.2 Å². The number of ether oxygens (including phenoxy) is 1. The van der Waals surface area contributed by atoms with E-state index in [9.17, 15) is 0 Å². The molecule has 0 amide bonds. The maximum Gasteiger partial charge on any atom is 0.222 e. The van der Waals surface area contributed by atoms with Gasteiger partial charge in [-0.3, -0.25) is 0 Å². The Labute approximate surface area is 147 Å². The summed E-state index contributed by atoms with van der Waals surface area (Å²) in [4.78, 5) is 8.49. The molecule has 0 spiro atoms. The highest BCUT2D eigenvalue weighted by atomic mass is 16.5. The Morgan fingerprint density at radius 3 is 2.64 bits per heavy atom. The van der Waals surface area contributed by atoms with Crippen LogP contribution in [0.5, 0.6) is 11.5 Å². The molecule has 0 aliphatic rings. The second kappa shape index (κ2) is 8.46. The number of nitriles is 1. The van der Waals surface area contributed by atoms with Crippen molar-refractivity contribution in [3.05, 3.63) is 78.1 Å². The first-order chi connectivity index (χ1) is 12.3. The quantitative estimate of drug-likeness (QED) is 0.709. The SMILES string of the molecule is N#CCc1ccnc(NCCc2ccccc2Oc2ccccc2)n1. The first-order valence-electron chi connectivity index (χ1n) is 8.09. The van der Waals surface area contributed by atoms with Crippen molar-refractivity contribution >= 4 is 5.95 Å². The van der Waals surface area contributed by atoms with Crippen LogP contribution >= 0.6 is 0 Å². The predicted octanol–water partition coefficient (Wildman–Crippen LogP) is 3.99. The van der Waals surface area contributed by atoms with Crippen molar-refractivity contribution < 1.29 is 4.74 Å². The zero-order valence-electron chi connectivity index (χ0n) is 13.7. The fourth-order valence-electron chi connectivity index (χ4n) is 2.40. The number of hydrogen-bond acceptors (Lipinski definition) is 5. The zero-order valence-corrected chi connectivity index (χ0v) is 13.7. The molecule has 0 aliphatic heterocycles. The van der Waals surface area contributed by atoms with Crippen LogP contribution in [-0.2, 0) is 12.8 Å². The monoisotopic (exact) mass is 330 g/mol. The van der Waals surface area contributed by atoms with Gasteiger partial charge in [-0.15, -0.1) is 0 Å². The van der Waals surface area contributed by atoms with Gasteiger partial charge >= 0.3 is 0 Å². The molecule has 3 aromatic rings. The van der Waals surface area contributed by atoms with Crippen molar-refractivity contribution in [2.24, 2.45) is 0 Å². The Hall–Kier alpha value is -3.39. The molecule has 0 radical (unpaired) electrons. The van der Waals surface area contributed by atoms with Crippen molar-refractivity contribution in [2.75, 3.05) is 11.9 Å². The van der Waals surface area contributed by atoms with Gasteiger partial charge in [0.1, 0.15) is 11.5 Å². The molecule has 0 bridgehead atoms. The largest absolute Gasteiger partial charge is 0.457 e. The smallest absolute Gasteiger partial charge is 0.222 e. The normalized spacial score (nSPS) is 10.0. The van der Waals surface area contributed by atoms with E-state index >= 15 is 0 Å². The van der Waals surface area contributed by atoms with Crippen molar-refractivity contribution in [1.29, 1.82) is 5.26 Å². The van der Waals surface area contributed by atoms with E-state index in [0.717, 1.165) is 23.5 Å². The highest BCUT2D eigenvalue weighted by Crippen LogP contribution is 2.25. The summed E-state index contributed by atoms with van der Waals surface area (Å²) in [5, 5.41) is 11.9. The second-order valence-corrected chi connectivity index (χ2v) is 5.41. The molecule has 0 saturated heterocycles. The summed E-state index contributed by atoms with van der Waals surface area (Å²) in [6, 6.07) is 21.5. The molecule has 0 aliphatic carbocycles. The number of anilines is 1. The Balaban J connectivity index is 1.62. The van der Waals surface area contributed by atoms with Crippen molar-refractivity contribution in [3.8, 4) is 17.6 Å². The van der Waals surface area contributed by atoms with Gasteiger partial charge in [-0.05, 0) is 36.2 Å². The number of nitrogens with one attached hydrogen (secondary N) is 1. The Morgan fingerprint density at radius 1 is 1.00 bits per heavy atom. The lowest BCUT2D eigenvalue weighted by molar-refractivity contribution is 0.476. The first kappa shape index (κ1) is 16.5. The third-order valence-corrected chi connectivity index (χ3v) is 3.59. The Kier molecular flexibility index (Phi) is 5.57. The third-order valence-electron chi connectivity index (χ3n) is 3.59. The molecule has 2 aromatic carbocycles. The standard InChI is InChI=1S/C20H18N4O/c21-13-10-17-12-15-23-20(24-17)22-14-11-16-6-4-5-9-19(16)25-18-7-2-1-3-8-18/h1-9,12,15H,10-11,14H2,(H,22,23,24). The molecule has 0 atom stereocenters. The van der Waals surface area contributed by atoms with Crippen LogP contribution in [0.15, 0.2) is 66.9 Å². The summed E-state index contributed by atoms with van der Waals surface area (Å²) in [7, 11) is 0. The van der Waals surface area contributed by atoms with Crippen LogP contribution in [0.3, 0.4) is 0 Å². The topological polar surface area (TPSA) is 70.8 Å².